The van der Waals surface area contributed by atoms with Crippen molar-refractivity contribution >= 4 is 5.91 Å². The molecule has 0 N–H and O–H groups in total. The average Bonchev–Trinajstić information content (AvgIpc) is 3.26. The van der Waals surface area contributed by atoms with Gasteiger partial charge >= 0.3 is 0 Å². The van der Waals surface area contributed by atoms with Crippen LogP contribution < -0.4 is 0 Å². The van der Waals surface area contributed by atoms with Crippen molar-refractivity contribution in [2.24, 2.45) is 11.8 Å². The molecule has 1 aromatic rings. The van der Waals surface area contributed by atoms with Crippen molar-refractivity contribution in [2.45, 2.75) is 44.9 Å². The maximum Gasteiger partial charge on any atom is 0.219 e. The van der Waals surface area contributed by atoms with E-state index in [0.29, 0.717) is 0 Å². The summed E-state index contributed by atoms with van der Waals surface area (Å²) in [5.74, 6) is 2.84. The highest BCUT2D eigenvalue weighted by Crippen LogP contribution is 2.50. The van der Waals surface area contributed by atoms with Crippen LogP contribution in [0.1, 0.15) is 50.5 Å². The van der Waals surface area contributed by atoms with Crippen LogP contribution in [-0.2, 0) is 4.79 Å². The zero-order valence-corrected chi connectivity index (χ0v) is 12.4. The fourth-order valence-corrected chi connectivity index (χ4v) is 3.66. The second kappa shape index (κ2) is 5.99. The smallest absolute Gasteiger partial charge is 0.219 e. The lowest BCUT2D eigenvalue weighted by atomic mass is 9.90. The lowest BCUT2D eigenvalue weighted by Crippen LogP contribution is -2.36. The van der Waals surface area contributed by atoms with Crippen LogP contribution in [0.4, 0.5) is 0 Å². The molecule has 2 heteroatoms. The summed E-state index contributed by atoms with van der Waals surface area (Å²) in [5.41, 5.74) is 1.53. The Morgan fingerprint density at radius 3 is 2.50 bits per heavy atom. The van der Waals surface area contributed by atoms with Gasteiger partial charge in [-0.1, -0.05) is 36.8 Å². The number of carbonyl (C=O) groups excluding carboxylic acids is 1. The Balaban J connectivity index is 1.39. The molecule has 2 atom stereocenters. The first-order valence-corrected chi connectivity index (χ1v) is 8.04. The van der Waals surface area contributed by atoms with E-state index in [0.717, 1.165) is 30.8 Å². The molecule has 2 nitrogen and oxygen atoms in total. The Hall–Kier alpha value is -1.31. The van der Waals surface area contributed by atoms with E-state index in [2.05, 4.69) is 30.3 Å². The SMILES string of the molecule is CC(=O)N1CCC(CC[C@H]2CC2c2ccccc2)CC1. The number of rotatable bonds is 4. The molecule has 1 heterocycles. The third-order valence-corrected chi connectivity index (χ3v) is 5.16. The van der Waals surface area contributed by atoms with Crippen LogP contribution >= 0.6 is 0 Å². The largest absolute Gasteiger partial charge is 0.343 e. The van der Waals surface area contributed by atoms with Gasteiger partial charge in [-0.05, 0) is 49.0 Å². The molecule has 2 aliphatic rings. The van der Waals surface area contributed by atoms with E-state index in [4.69, 9.17) is 0 Å². The van der Waals surface area contributed by atoms with E-state index in [1.165, 1.54) is 37.7 Å². The maximum atomic E-state index is 11.3. The number of benzene rings is 1. The predicted molar refractivity (Wildman–Crippen MR) is 81.5 cm³/mol. The van der Waals surface area contributed by atoms with Crippen LogP contribution in [0.15, 0.2) is 30.3 Å². The third kappa shape index (κ3) is 3.23. The minimum atomic E-state index is 0.245. The summed E-state index contributed by atoms with van der Waals surface area (Å²) >= 11 is 0. The monoisotopic (exact) mass is 271 g/mol. The Bertz CT molecular complexity index is 448. The highest BCUT2D eigenvalue weighted by molar-refractivity contribution is 5.73. The maximum absolute atomic E-state index is 11.3. The van der Waals surface area contributed by atoms with Crippen LogP contribution in [0.2, 0.25) is 0 Å². The molecule has 1 amide bonds. The molecule has 1 aromatic carbocycles. The minimum absolute atomic E-state index is 0.245. The van der Waals surface area contributed by atoms with E-state index < -0.39 is 0 Å². The number of carbonyl (C=O) groups is 1. The second-order valence-corrected chi connectivity index (χ2v) is 6.54. The molecule has 3 rings (SSSR count). The molecule has 0 aromatic heterocycles. The normalized spacial score (nSPS) is 26.6. The number of piperidine rings is 1. The summed E-state index contributed by atoms with van der Waals surface area (Å²) in [6.45, 7) is 3.65. The Labute approximate surface area is 122 Å². The Morgan fingerprint density at radius 1 is 1.15 bits per heavy atom. The average molecular weight is 271 g/mol. The molecule has 20 heavy (non-hydrogen) atoms. The third-order valence-electron chi connectivity index (χ3n) is 5.16. The zero-order chi connectivity index (χ0) is 13.9. The highest BCUT2D eigenvalue weighted by atomic mass is 16.2. The molecule has 1 aliphatic carbocycles. The minimum Gasteiger partial charge on any atom is -0.343 e. The van der Waals surface area contributed by atoms with Crippen molar-refractivity contribution in [2.75, 3.05) is 13.1 Å². The molecular weight excluding hydrogens is 246 g/mol. The lowest BCUT2D eigenvalue weighted by molar-refractivity contribution is -0.130. The van der Waals surface area contributed by atoms with Gasteiger partial charge in [0.05, 0.1) is 0 Å². The van der Waals surface area contributed by atoms with Crippen LogP contribution in [-0.4, -0.2) is 23.9 Å². The summed E-state index contributed by atoms with van der Waals surface area (Å²) < 4.78 is 0. The van der Waals surface area contributed by atoms with Gasteiger partial charge in [0, 0.05) is 20.0 Å². The highest BCUT2D eigenvalue weighted by Gasteiger charge is 2.38. The summed E-state index contributed by atoms with van der Waals surface area (Å²) in [6.07, 6.45) is 6.55. The predicted octanol–water partition coefficient (Wildman–Crippen LogP) is 3.83. The first kappa shape index (κ1) is 13.7. The van der Waals surface area contributed by atoms with Gasteiger partial charge in [-0.2, -0.15) is 0 Å². The van der Waals surface area contributed by atoms with E-state index in [9.17, 15) is 4.79 Å². The van der Waals surface area contributed by atoms with E-state index in [1.807, 2.05) is 4.90 Å². The number of likely N-dealkylation sites (tertiary alicyclic amines) is 1. The van der Waals surface area contributed by atoms with Crippen molar-refractivity contribution in [3.63, 3.8) is 0 Å². The van der Waals surface area contributed by atoms with Crippen molar-refractivity contribution in [3.8, 4) is 0 Å². The zero-order valence-electron chi connectivity index (χ0n) is 12.4. The van der Waals surface area contributed by atoms with Crippen LogP contribution in [0, 0.1) is 11.8 Å². The van der Waals surface area contributed by atoms with Gasteiger partial charge < -0.3 is 4.90 Å². The summed E-state index contributed by atoms with van der Waals surface area (Å²) in [4.78, 5) is 13.3. The summed E-state index contributed by atoms with van der Waals surface area (Å²) in [5, 5.41) is 0. The van der Waals surface area contributed by atoms with Crippen LogP contribution in [0.5, 0.6) is 0 Å². The van der Waals surface area contributed by atoms with Gasteiger partial charge in [-0.15, -0.1) is 0 Å². The van der Waals surface area contributed by atoms with Crippen molar-refractivity contribution in [3.05, 3.63) is 35.9 Å². The molecule has 0 bridgehead atoms. The molecule has 1 aliphatic heterocycles. The standard InChI is InChI=1S/C18H25NO/c1-14(20)19-11-9-15(10-12-19)7-8-17-13-18(17)16-5-3-2-4-6-16/h2-6,15,17-18H,7-13H2,1H3/t17-,18?/m0/s1. The Morgan fingerprint density at radius 2 is 1.85 bits per heavy atom. The van der Waals surface area contributed by atoms with Crippen molar-refractivity contribution < 1.29 is 4.79 Å². The van der Waals surface area contributed by atoms with E-state index in [-0.39, 0.29) is 5.91 Å². The van der Waals surface area contributed by atoms with Gasteiger partial charge in [0.1, 0.15) is 0 Å². The van der Waals surface area contributed by atoms with Gasteiger partial charge in [0.25, 0.3) is 0 Å². The lowest BCUT2D eigenvalue weighted by Gasteiger charge is -2.31. The Kier molecular flexibility index (Phi) is 4.09. The molecular formula is C18H25NO. The topological polar surface area (TPSA) is 20.3 Å². The van der Waals surface area contributed by atoms with Gasteiger partial charge in [0.15, 0.2) is 0 Å². The fourth-order valence-electron chi connectivity index (χ4n) is 3.66. The first-order chi connectivity index (χ1) is 9.74. The van der Waals surface area contributed by atoms with E-state index >= 15 is 0 Å². The molecule has 0 radical (unpaired) electrons. The molecule has 0 spiro atoms. The number of hydrogen-bond donors (Lipinski definition) is 0. The second-order valence-electron chi connectivity index (χ2n) is 6.54. The first-order valence-electron chi connectivity index (χ1n) is 8.04. The molecule has 1 saturated carbocycles. The van der Waals surface area contributed by atoms with Gasteiger partial charge in [-0.3, -0.25) is 4.79 Å². The van der Waals surface area contributed by atoms with Crippen molar-refractivity contribution in [1.82, 2.24) is 4.90 Å². The van der Waals surface area contributed by atoms with Gasteiger partial charge in [0.2, 0.25) is 5.91 Å². The molecule has 108 valence electrons. The van der Waals surface area contributed by atoms with E-state index in [1.54, 1.807) is 6.92 Å². The molecule has 1 saturated heterocycles. The number of amides is 1. The van der Waals surface area contributed by atoms with Gasteiger partial charge in [-0.25, -0.2) is 0 Å². The molecule has 1 unspecified atom stereocenters. The van der Waals surface area contributed by atoms with Crippen LogP contribution in [0.25, 0.3) is 0 Å². The van der Waals surface area contributed by atoms with Crippen LogP contribution in [0.3, 0.4) is 0 Å². The fraction of sp³-hybridized carbons (Fsp3) is 0.611. The number of nitrogens with zero attached hydrogens (tertiary/aromatic N) is 1. The quantitative estimate of drug-likeness (QED) is 0.815. The summed E-state index contributed by atoms with van der Waals surface area (Å²) in [6, 6.07) is 11.0. The number of hydrogen-bond acceptors (Lipinski definition) is 1. The summed E-state index contributed by atoms with van der Waals surface area (Å²) in [7, 11) is 0. The van der Waals surface area contributed by atoms with Crippen molar-refractivity contribution in [1.29, 1.82) is 0 Å². The molecule has 2 fully saturated rings.